The first-order valence-corrected chi connectivity index (χ1v) is 8.56. The van der Waals surface area contributed by atoms with E-state index in [1.807, 2.05) is 61.5 Å². The van der Waals surface area contributed by atoms with Crippen molar-refractivity contribution in [3.63, 3.8) is 0 Å². The Labute approximate surface area is 157 Å². The molecular formula is C20H22N4O3. The van der Waals surface area contributed by atoms with Crippen molar-refractivity contribution < 1.29 is 9.57 Å². The predicted octanol–water partition coefficient (Wildman–Crippen LogP) is 2.58. The van der Waals surface area contributed by atoms with Crippen LogP contribution in [0.25, 0.3) is 0 Å². The molecule has 3 rings (SSSR count). The van der Waals surface area contributed by atoms with Crippen molar-refractivity contribution in [3.05, 3.63) is 81.8 Å². The minimum Gasteiger partial charge on any atom is -0.467 e. The Balaban J connectivity index is 1.73. The fourth-order valence-corrected chi connectivity index (χ4v) is 2.68. The van der Waals surface area contributed by atoms with E-state index in [1.54, 1.807) is 7.05 Å². The normalized spacial score (nSPS) is 11.4. The van der Waals surface area contributed by atoms with Crippen molar-refractivity contribution in [1.29, 1.82) is 0 Å². The van der Waals surface area contributed by atoms with Gasteiger partial charge in [-0.15, -0.1) is 5.10 Å². The standard InChI is InChI=1S/C20H22N4O3/c1-15(22-27-14-16-8-5-4-6-9-16)18-11-7-10-17(12-18)13-24-19(26-3)21-23(2)20(24)25/h4-12H,13-14H2,1-3H3. The Morgan fingerprint density at radius 2 is 1.85 bits per heavy atom. The molecule has 1 heterocycles. The smallest absolute Gasteiger partial charge is 0.348 e. The van der Waals surface area contributed by atoms with Crippen LogP contribution in [0, 0.1) is 0 Å². The molecule has 0 aliphatic rings. The van der Waals surface area contributed by atoms with Gasteiger partial charge in [-0.05, 0) is 29.7 Å². The number of hydrogen-bond acceptors (Lipinski definition) is 5. The zero-order valence-corrected chi connectivity index (χ0v) is 15.6. The summed E-state index contributed by atoms with van der Waals surface area (Å²) in [5.41, 5.74) is 3.47. The van der Waals surface area contributed by atoms with Gasteiger partial charge in [-0.3, -0.25) is 0 Å². The molecule has 0 spiro atoms. The van der Waals surface area contributed by atoms with Gasteiger partial charge >= 0.3 is 11.7 Å². The minimum absolute atomic E-state index is 0.228. The molecule has 0 unspecified atom stereocenters. The summed E-state index contributed by atoms with van der Waals surface area (Å²) in [6.07, 6.45) is 0. The molecule has 3 aromatic rings. The van der Waals surface area contributed by atoms with Gasteiger partial charge in [-0.1, -0.05) is 53.7 Å². The van der Waals surface area contributed by atoms with Gasteiger partial charge in [0.25, 0.3) is 0 Å². The van der Waals surface area contributed by atoms with E-state index in [9.17, 15) is 4.79 Å². The molecule has 0 aliphatic heterocycles. The molecule has 0 N–H and O–H groups in total. The zero-order chi connectivity index (χ0) is 19.2. The lowest BCUT2D eigenvalue weighted by atomic mass is 10.1. The van der Waals surface area contributed by atoms with E-state index >= 15 is 0 Å². The first-order valence-electron chi connectivity index (χ1n) is 8.56. The van der Waals surface area contributed by atoms with Crippen LogP contribution in [0.2, 0.25) is 0 Å². The Morgan fingerprint density at radius 1 is 1.11 bits per heavy atom. The summed E-state index contributed by atoms with van der Waals surface area (Å²) in [5, 5.41) is 8.25. The van der Waals surface area contributed by atoms with Crippen molar-refractivity contribution in [2.75, 3.05) is 7.11 Å². The Hall–Kier alpha value is -3.35. The predicted molar refractivity (Wildman–Crippen MR) is 103 cm³/mol. The summed E-state index contributed by atoms with van der Waals surface area (Å²) in [6.45, 7) is 2.67. The van der Waals surface area contributed by atoms with Gasteiger partial charge in [0, 0.05) is 7.05 Å². The van der Waals surface area contributed by atoms with E-state index in [1.165, 1.54) is 16.4 Å². The van der Waals surface area contributed by atoms with E-state index < -0.39 is 0 Å². The fourth-order valence-electron chi connectivity index (χ4n) is 2.68. The molecule has 0 atom stereocenters. The third-order valence-corrected chi connectivity index (χ3v) is 4.12. The van der Waals surface area contributed by atoms with Gasteiger partial charge in [-0.2, -0.15) is 0 Å². The maximum Gasteiger partial charge on any atom is 0.348 e. The number of methoxy groups -OCH3 is 1. The van der Waals surface area contributed by atoms with Gasteiger partial charge in [0.15, 0.2) is 0 Å². The average Bonchev–Trinajstić information content (AvgIpc) is 2.96. The second-order valence-corrected chi connectivity index (χ2v) is 6.12. The van der Waals surface area contributed by atoms with Gasteiger partial charge < -0.3 is 9.57 Å². The molecule has 7 nitrogen and oxygen atoms in total. The molecule has 0 amide bonds. The molecule has 0 saturated carbocycles. The first-order chi connectivity index (χ1) is 13.1. The number of rotatable bonds is 7. The SMILES string of the molecule is COc1nn(C)c(=O)n1Cc1cccc(C(C)=NOCc2ccccc2)c1. The topological polar surface area (TPSA) is 70.6 Å². The Kier molecular flexibility index (Phi) is 5.71. The highest BCUT2D eigenvalue weighted by atomic mass is 16.6. The highest BCUT2D eigenvalue weighted by Gasteiger charge is 2.12. The van der Waals surface area contributed by atoms with E-state index in [0.717, 1.165) is 22.4 Å². The highest BCUT2D eigenvalue weighted by molar-refractivity contribution is 5.98. The van der Waals surface area contributed by atoms with Crippen LogP contribution in [-0.4, -0.2) is 27.2 Å². The lowest BCUT2D eigenvalue weighted by Crippen LogP contribution is -2.23. The van der Waals surface area contributed by atoms with Gasteiger partial charge in [0.05, 0.1) is 19.4 Å². The van der Waals surface area contributed by atoms with Crippen molar-refractivity contribution in [3.8, 4) is 6.01 Å². The fraction of sp³-hybridized carbons (Fsp3) is 0.250. The second-order valence-electron chi connectivity index (χ2n) is 6.12. The number of aryl methyl sites for hydroxylation is 1. The molecule has 2 aromatic carbocycles. The van der Waals surface area contributed by atoms with Crippen LogP contribution in [0.4, 0.5) is 0 Å². The summed E-state index contributed by atoms with van der Waals surface area (Å²) in [6, 6.07) is 18.0. The molecule has 27 heavy (non-hydrogen) atoms. The molecule has 0 saturated heterocycles. The van der Waals surface area contributed by atoms with Crippen LogP contribution in [0.15, 0.2) is 64.5 Å². The van der Waals surface area contributed by atoms with Crippen LogP contribution in [-0.2, 0) is 25.0 Å². The van der Waals surface area contributed by atoms with Crippen LogP contribution >= 0.6 is 0 Å². The average molecular weight is 366 g/mol. The van der Waals surface area contributed by atoms with Gasteiger partial charge in [-0.25, -0.2) is 14.0 Å². The second kappa shape index (κ2) is 8.35. The van der Waals surface area contributed by atoms with Gasteiger partial charge in [0.1, 0.15) is 6.61 Å². The molecule has 0 radical (unpaired) electrons. The number of benzene rings is 2. The number of oxime groups is 1. The Morgan fingerprint density at radius 3 is 2.59 bits per heavy atom. The summed E-state index contributed by atoms with van der Waals surface area (Å²) < 4.78 is 7.92. The zero-order valence-electron chi connectivity index (χ0n) is 15.6. The molecule has 1 aromatic heterocycles. The van der Waals surface area contributed by atoms with E-state index in [2.05, 4.69) is 10.3 Å². The van der Waals surface area contributed by atoms with Crippen LogP contribution in [0.3, 0.4) is 0 Å². The van der Waals surface area contributed by atoms with Crippen LogP contribution < -0.4 is 10.4 Å². The number of aromatic nitrogens is 3. The molecule has 7 heteroatoms. The summed E-state index contributed by atoms with van der Waals surface area (Å²) >= 11 is 0. The third kappa shape index (κ3) is 4.44. The third-order valence-electron chi connectivity index (χ3n) is 4.12. The molecule has 140 valence electrons. The monoisotopic (exact) mass is 366 g/mol. The van der Waals surface area contributed by atoms with Crippen molar-refractivity contribution >= 4 is 5.71 Å². The maximum absolute atomic E-state index is 12.2. The molecular weight excluding hydrogens is 344 g/mol. The summed E-state index contributed by atoms with van der Waals surface area (Å²) in [4.78, 5) is 17.6. The van der Waals surface area contributed by atoms with E-state index in [0.29, 0.717) is 13.2 Å². The first kappa shape index (κ1) is 18.4. The molecule has 0 aliphatic carbocycles. The lowest BCUT2D eigenvalue weighted by Gasteiger charge is -2.07. The van der Waals surface area contributed by atoms with E-state index in [-0.39, 0.29) is 11.7 Å². The van der Waals surface area contributed by atoms with Crippen molar-refractivity contribution in [2.45, 2.75) is 20.1 Å². The number of nitrogens with zero attached hydrogens (tertiary/aromatic N) is 4. The minimum atomic E-state index is -0.228. The van der Waals surface area contributed by atoms with Crippen molar-refractivity contribution in [1.82, 2.24) is 14.3 Å². The summed E-state index contributed by atoms with van der Waals surface area (Å²) in [5.74, 6) is 0. The molecule has 0 fully saturated rings. The lowest BCUT2D eigenvalue weighted by molar-refractivity contribution is 0.130. The summed E-state index contributed by atoms with van der Waals surface area (Å²) in [7, 11) is 3.09. The van der Waals surface area contributed by atoms with Crippen LogP contribution in [0.5, 0.6) is 6.01 Å². The van der Waals surface area contributed by atoms with Gasteiger partial charge in [0.2, 0.25) is 0 Å². The molecule has 0 bridgehead atoms. The maximum atomic E-state index is 12.2. The highest BCUT2D eigenvalue weighted by Crippen LogP contribution is 2.12. The number of hydrogen-bond donors (Lipinski definition) is 0. The Bertz CT molecular complexity index is 990. The quantitative estimate of drug-likeness (QED) is 0.476. The van der Waals surface area contributed by atoms with E-state index in [4.69, 9.17) is 9.57 Å². The largest absolute Gasteiger partial charge is 0.467 e. The van der Waals surface area contributed by atoms with Crippen LogP contribution in [0.1, 0.15) is 23.6 Å². The van der Waals surface area contributed by atoms with Crippen molar-refractivity contribution in [2.24, 2.45) is 12.2 Å². The number of ether oxygens (including phenoxy) is 1.